The summed E-state index contributed by atoms with van der Waals surface area (Å²) in [5.74, 6) is -2.91. The smallest absolute Gasteiger partial charge is 0.429 e. The minimum Gasteiger partial charge on any atom is -0.466 e. The number of nitrogens with one attached hydrogen (secondary N) is 1. The van der Waals surface area contributed by atoms with Gasteiger partial charge in [0, 0.05) is 43.1 Å². The fraction of sp³-hybridized carbons (Fsp3) is 0.357. The van der Waals surface area contributed by atoms with E-state index in [0.717, 1.165) is 5.56 Å². The maximum Gasteiger partial charge on any atom is 0.429 e. The fourth-order valence-electron chi connectivity index (χ4n) is 5.16. The second kappa shape index (κ2) is 10.5. The van der Waals surface area contributed by atoms with Gasteiger partial charge in [-0.3, -0.25) is 4.90 Å². The topological polar surface area (TPSA) is 93.9 Å². The zero-order valence-corrected chi connectivity index (χ0v) is 21.4. The fourth-order valence-corrected chi connectivity index (χ4v) is 5.16. The Balaban J connectivity index is 1.70. The van der Waals surface area contributed by atoms with Crippen LogP contribution in [0.1, 0.15) is 37.3 Å². The molecule has 2 aromatic carbocycles. The third kappa shape index (κ3) is 5.26. The van der Waals surface area contributed by atoms with E-state index in [1.165, 1.54) is 7.11 Å². The molecule has 2 aliphatic rings. The summed E-state index contributed by atoms with van der Waals surface area (Å²) in [6.07, 6.45) is -5.22. The van der Waals surface area contributed by atoms with Gasteiger partial charge < -0.3 is 20.5 Å². The number of carbonyl (C=O) groups excluding carboxylic acids is 2. The number of hydrogen-bond acceptors (Lipinski definition) is 7. The van der Waals surface area contributed by atoms with E-state index >= 15 is 0 Å². The van der Waals surface area contributed by atoms with E-state index in [0.29, 0.717) is 23.5 Å². The van der Waals surface area contributed by atoms with Gasteiger partial charge in [-0.1, -0.05) is 42.5 Å². The van der Waals surface area contributed by atoms with Gasteiger partial charge in [0.15, 0.2) is 0 Å². The van der Waals surface area contributed by atoms with Gasteiger partial charge >= 0.3 is 18.1 Å². The second-order valence-corrected chi connectivity index (χ2v) is 9.62. The molecule has 1 fully saturated rings. The lowest BCUT2D eigenvalue weighted by Gasteiger charge is -2.35. The van der Waals surface area contributed by atoms with Crippen molar-refractivity contribution in [3.63, 3.8) is 0 Å². The Kier molecular flexibility index (Phi) is 7.55. The average Bonchev–Trinajstić information content (AvgIpc) is 3.27. The maximum atomic E-state index is 14.5. The maximum absolute atomic E-state index is 14.5. The van der Waals surface area contributed by atoms with E-state index < -0.39 is 42.6 Å². The predicted molar refractivity (Wildman–Crippen MR) is 135 cm³/mol. The number of rotatable bonds is 6. The first kappa shape index (κ1) is 27.3. The zero-order valence-electron chi connectivity index (χ0n) is 21.4. The van der Waals surface area contributed by atoms with E-state index in [1.54, 1.807) is 43.0 Å². The van der Waals surface area contributed by atoms with Crippen molar-refractivity contribution in [2.24, 2.45) is 0 Å². The molecular weight excluding hydrogens is 499 g/mol. The van der Waals surface area contributed by atoms with Crippen molar-refractivity contribution in [2.45, 2.75) is 44.5 Å². The summed E-state index contributed by atoms with van der Waals surface area (Å²) in [7, 11) is 1.20. The minimum absolute atomic E-state index is 0.0915. The molecular formula is C28H30F3N3O4. The van der Waals surface area contributed by atoms with Crippen molar-refractivity contribution in [3.8, 4) is 0 Å². The molecule has 0 aromatic heterocycles. The number of nitrogen functional groups attached to an aromatic ring is 1. The quantitative estimate of drug-likeness (QED) is 0.423. The summed E-state index contributed by atoms with van der Waals surface area (Å²) in [5.41, 5.74) is 5.63. The number of nitrogens with two attached hydrogens (primary N) is 1. The molecule has 7 nitrogen and oxygen atoms in total. The van der Waals surface area contributed by atoms with Crippen LogP contribution in [0.3, 0.4) is 0 Å². The van der Waals surface area contributed by atoms with Crippen LogP contribution in [0.25, 0.3) is 0 Å². The molecule has 4 rings (SSSR count). The van der Waals surface area contributed by atoms with E-state index in [-0.39, 0.29) is 23.4 Å². The summed E-state index contributed by atoms with van der Waals surface area (Å²) in [5, 5.41) is 2.94. The van der Waals surface area contributed by atoms with Crippen LogP contribution < -0.4 is 11.1 Å². The van der Waals surface area contributed by atoms with Crippen LogP contribution in [0.4, 0.5) is 18.9 Å². The normalized spacial score (nSPS) is 22.3. The number of esters is 2. The summed E-state index contributed by atoms with van der Waals surface area (Å²) in [6.45, 7) is 3.08. The number of ether oxygens (including phenoxy) is 2. The number of benzene rings is 2. The summed E-state index contributed by atoms with van der Waals surface area (Å²) in [4.78, 5) is 28.1. The number of likely N-dealkylation sites (tertiary alicyclic amines) is 1. The highest BCUT2D eigenvalue weighted by Crippen LogP contribution is 2.45. The third-order valence-electron chi connectivity index (χ3n) is 6.99. The van der Waals surface area contributed by atoms with Crippen LogP contribution in [-0.4, -0.2) is 48.8 Å². The molecule has 2 aliphatic heterocycles. The zero-order chi connectivity index (χ0) is 27.7. The van der Waals surface area contributed by atoms with Crippen LogP contribution in [0, 0.1) is 0 Å². The lowest BCUT2D eigenvalue weighted by atomic mass is 9.80. The Labute approximate surface area is 219 Å². The highest BCUT2D eigenvalue weighted by atomic mass is 19.4. The third-order valence-corrected chi connectivity index (χ3v) is 6.99. The number of alkyl halides is 3. The summed E-state index contributed by atoms with van der Waals surface area (Å²) >= 11 is 0. The molecule has 2 unspecified atom stereocenters. The van der Waals surface area contributed by atoms with Gasteiger partial charge in [-0.05, 0) is 37.1 Å². The molecule has 0 bridgehead atoms. The first-order valence-corrected chi connectivity index (χ1v) is 12.1. The molecule has 10 heteroatoms. The number of methoxy groups -OCH3 is 1. The molecule has 1 saturated heterocycles. The van der Waals surface area contributed by atoms with Crippen molar-refractivity contribution in [1.82, 2.24) is 10.2 Å². The minimum atomic E-state index is -4.81. The van der Waals surface area contributed by atoms with Crippen molar-refractivity contribution >= 4 is 17.6 Å². The highest BCUT2D eigenvalue weighted by molar-refractivity contribution is 6.00. The van der Waals surface area contributed by atoms with Gasteiger partial charge in [0.05, 0.1) is 24.2 Å². The molecule has 0 saturated carbocycles. The summed E-state index contributed by atoms with van der Waals surface area (Å²) in [6, 6.07) is 15.6. The average molecular weight is 530 g/mol. The monoisotopic (exact) mass is 529 g/mol. The Morgan fingerprint density at radius 2 is 1.71 bits per heavy atom. The number of hydrogen-bond donors (Lipinski definition) is 2. The molecule has 0 aliphatic carbocycles. The molecule has 0 spiro atoms. The molecule has 38 heavy (non-hydrogen) atoms. The molecule has 2 aromatic rings. The van der Waals surface area contributed by atoms with Crippen LogP contribution in [0.5, 0.6) is 0 Å². The van der Waals surface area contributed by atoms with Crippen LogP contribution in [0.15, 0.2) is 77.1 Å². The SMILES string of the molecule is COC(=O)C1=C(C)NC(C)=C(C(=O)OC2(C(F)(F)F)CCN(Cc3ccccc3)C2)C1c1cccc(N)c1. The van der Waals surface area contributed by atoms with E-state index in [4.69, 9.17) is 15.2 Å². The van der Waals surface area contributed by atoms with Gasteiger partial charge in [0.2, 0.25) is 5.60 Å². The van der Waals surface area contributed by atoms with Gasteiger partial charge in [0.1, 0.15) is 0 Å². The first-order chi connectivity index (χ1) is 18.0. The van der Waals surface area contributed by atoms with Crippen molar-refractivity contribution in [2.75, 3.05) is 25.9 Å². The highest BCUT2D eigenvalue weighted by Gasteiger charge is 2.62. The van der Waals surface area contributed by atoms with Crippen molar-refractivity contribution in [3.05, 3.63) is 88.3 Å². The Morgan fingerprint density at radius 1 is 1.05 bits per heavy atom. The summed E-state index contributed by atoms with van der Waals surface area (Å²) < 4.78 is 53.9. The number of nitrogens with zero attached hydrogens (tertiary/aromatic N) is 1. The molecule has 2 heterocycles. The molecule has 202 valence electrons. The number of allylic oxidation sites excluding steroid dienone is 2. The number of carbonyl (C=O) groups is 2. The van der Waals surface area contributed by atoms with Gasteiger partial charge in [-0.15, -0.1) is 0 Å². The second-order valence-electron chi connectivity index (χ2n) is 9.62. The molecule has 0 amide bonds. The van der Waals surface area contributed by atoms with E-state index in [2.05, 4.69) is 5.32 Å². The number of halogens is 3. The number of dihydropyridines is 1. The van der Waals surface area contributed by atoms with Crippen molar-refractivity contribution < 1.29 is 32.2 Å². The van der Waals surface area contributed by atoms with Gasteiger partial charge in [-0.25, -0.2) is 9.59 Å². The Morgan fingerprint density at radius 3 is 2.32 bits per heavy atom. The molecule has 2 atom stereocenters. The van der Waals surface area contributed by atoms with Gasteiger partial charge in [0.25, 0.3) is 0 Å². The Hall–Kier alpha value is -3.79. The van der Waals surface area contributed by atoms with E-state index in [9.17, 15) is 22.8 Å². The largest absolute Gasteiger partial charge is 0.466 e. The van der Waals surface area contributed by atoms with Crippen LogP contribution >= 0.6 is 0 Å². The lowest BCUT2D eigenvalue weighted by Crippen LogP contribution is -2.51. The van der Waals surface area contributed by atoms with Crippen LogP contribution in [-0.2, 0) is 25.6 Å². The first-order valence-electron chi connectivity index (χ1n) is 12.1. The Bertz CT molecular complexity index is 1290. The molecule has 0 radical (unpaired) electrons. The van der Waals surface area contributed by atoms with Crippen LogP contribution in [0.2, 0.25) is 0 Å². The van der Waals surface area contributed by atoms with E-state index in [1.807, 2.05) is 30.3 Å². The van der Waals surface area contributed by atoms with Gasteiger partial charge in [-0.2, -0.15) is 13.2 Å². The number of anilines is 1. The predicted octanol–water partition coefficient (Wildman–Crippen LogP) is 4.43. The molecule has 3 N–H and O–H groups in total. The standard InChI is InChI=1S/C28H30F3N3O4/c1-17-22(25(35)37-3)24(20-10-7-11-21(32)14-20)23(18(2)33-17)26(36)38-27(28(29,30)31)12-13-34(16-27)15-19-8-5-4-6-9-19/h4-11,14,24,33H,12-13,15-16,32H2,1-3H3. The van der Waals surface area contributed by atoms with Crippen molar-refractivity contribution in [1.29, 1.82) is 0 Å². The lowest BCUT2D eigenvalue weighted by molar-refractivity contribution is -0.263.